The van der Waals surface area contributed by atoms with E-state index in [2.05, 4.69) is 17.3 Å². The summed E-state index contributed by atoms with van der Waals surface area (Å²) < 4.78 is 46.3. The zero-order valence-electron chi connectivity index (χ0n) is 14.8. The van der Waals surface area contributed by atoms with Crippen LogP contribution >= 0.6 is 0 Å². The topological polar surface area (TPSA) is 41.6 Å². The minimum absolute atomic E-state index is 0.185. The van der Waals surface area contributed by atoms with Crippen LogP contribution in [0.4, 0.5) is 13.2 Å². The van der Waals surface area contributed by atoms with Gasteiger partial charge in [0.15, 0.2) is 11.6 Å². The van der Waals surface area contributed by atoms with Crippen LogP contribution in [0.3, 0.4) is 0 Å². The van der Waals surface area contributed by atoms with Crippen LogP contribution in [0.1, 0.15) is 27.4 Å². The van der Waals surface area contributed by atoms with Crippen LogP contribution in [0, 0.1) is 23.4 Å². The van der Waals surface area contributed by atoms with Gasteiger partial charge in [-0.05, 0) is 42.8 Å². The molecule has 2 aliphatic heterocycles. The molecular weight excluding hydrogens is 357 g/mol. The second-order valence-corrected chi connectivity index (χ2v) is 7.16. The quantitative estimate of drug-likeness (QED) is 0.838. The number of likely N-dealkylation sites (N-methyl/N-ethyl adjacent to an activating group) is 1. The minimum atomic E-state index is -1.26. The molecule has 2 atom stereocenters. The predicted molar refractivity (Wildman–Crippen MR) is 93.2 cm³/mol. The van der Waals surface area contributed by atoms with Crippen LogP contribution in [0.5, 0.6) is 5.75 Å². The fourth-order valence-electron chi connectivity index (χ4n) is 3.97. The van der Waals surface area contributed by atoms with Gasteiger partial charge in [-0.1, -0.05) is 6.07 Å². The number of hydrogen-bond donors (Lipinski definition) is 1. The first-order chi connectivity index (χ1) is 12.9. The summed E-state index contributed by atoms with van der Waals surface area (Å²) in [6.07, 6.45) is 0. The van der Waals surface area contributed by atoms with Gasteiger partial charge in [-0.3, -0.25) is 4.79 Å². The third-order valence-electron chi connectivity index (χ3n) is 5.34. The van der Waals surface area contributed by atoms with Crippen LogP contribution in [0.25, 0.3) is 0 Å². The van der Waals surface area contributed by atoms with E-state index in [4.69, 9.17) is 4.74 Å². The number of carbonyl (C=O) groups excluding carboxylic acids is 1. The first kappa shape index (κ1) is 17.9. The van der Waals surface area contributed by atoms with E-state index in [0.29, 0.717) is 23.8 Å². The lowest BCUT2D eigenvalue weighted by molar-refractivity contribution is 0.0951. The molecule has 1 amide bonds. The van der Waals surface area contributed by atoms with E-state index in [1.54, 1.807) is 12.1 Å². The summed E-state index contributed by atoms with van der Waals surface area (Å²) in [7, 11) is 2.05. The number of nitrogens with one attached hydrogen (secondary N) is 1. The fourth-order valence-corrected chi connectivity index (χ4v) is 3.97. The summed E-state index contributed by atoms with van der Waals surface area (Å²) in [6, 6.07) is 6.70. The smallest absolute Gasteiger partial charge is 0.251 e. The van der Waals surface area contributed by atoms with E-state index in [0.717, 1.165) is 30.8 Å². The molecule has 142 valence electrons. The number of likely N-dealkylation sites (tertiary alicyclic amines) is 1. The fraction of sp³-hybridized carbons (Fsp3) is 0.350. The predicted octanol–water partition coefficient (Wildman–Crippen LogP) is 3.07. The number of fused-ring (bicyclic) bond motifs is 3. The largest absolute Gasteiger partial charge is 0.489 e. The highest BCUT2D eigenvalue weighted by Gasteiger charge is 2.36. The van der Waals surface area contributed by atoms with Crippen molar-refractivity contribution < 1.29 is 22.7 Å². The number of benzene rings is 2. The van der Waals surface area contributed by atoms with Gasteiger partial charge in [0.25, 0.3) is 5.91 Å². The number of halogens is 3. The second kappa shape index (κ2) is 6.88. The van der Waals surface area contributed by atoms with Crippen LogP contribution in [0.15, 0.2) is 30.3 Å². The van der Waals surface area contributed by atoms with Crippen molar-refractivity contribution in [2.75, 3.05) is 26.7 Å². The molecule has 2 aromatic rings. The Hall–Kier alpha value is -2.54. The maximum atomic E-state index is 13.8. The van der Waals surface area contributed by atoms with Crippen LogP contribution in [0.2, 0.25) is 0 Å². The van der Waals surface area contributed by atoms with Crippen LogP contribution in [-0.2, 0) is 6.61 Å². The SMILES string of the molecule is CN1C[C@@H]2CNC(=O)c3cc(OCc4c(F)ccc(F)c4F)ccc3[C@H]2C1. The lowest BCUT2D eigenvalue weighted by atomic mass is 9.87. The number of nitrogens with zero attached hydrogens (tertiary/aromatic N) is 1. The molecule has 1 fully saturated rings. The van der Waals surface area contributed by atoms with Gasteiger partial charge in [-0.15, -0.1) is 0 Å². The minimum Gasteiger partial charge on any atom is -0.489 e. The first-order valence-electron chi connectivity index (χ1n) is 8.80. The van der Waals surface area contributed by atoms with Gasteiger partial charge in [-0.2, -0.15) is 0 Å². The summed E-state index contributed by atoms with van der Waals surface area (Å²) in [5.41, 5.74) is 0.983. The van der Waals surface area contributed by atoms with E-state index in [-0.39, 0.29) is 11.8 Å². The van der Waals surface area contributed by atoms with Gasteiger partial charge in [0.05, 0.1) is 5.56 Å². The van der Waals surface area contributed by atoms with Crippen molar-refractivity contribution in [3.63, 3.8) is 0 Å². The molecule has 2 aliphatic rings. The van der Waals surface area contributed by atoms with E-state index in [9.17, 15) is 18.0 Å². The Labute approximate surface area is 154 Å². The van der Waals surface area contributed by atoms with Gasteiger partial charge in [0, 0.05) is 31.1 Å². The number of amides is 1. The number of hydrogen-bond acceptors (Lipinski definition) is 3. The maximum Gasteiger partial charge on any atom is 0.251 e. The van der Waals surface area contributed by atoms with Crippen molar-refractivity contribution in [2.24, 2.45) is 5.92 Å². The Morgan fingerprint density at radius 1 is 1.15 bits per heavy atom. The molecular formula is C20H19F3N2O2. The normalized spacial score (nSPS) is 22.0. The summed E-state index contributed by atoms with van der Waals surface area (Å²) in [5, 5.41) is 2.93. The number of ether oxygens (including phenoxy) is 1. The molecule has 0 unspecified atom stereocenters. The van der Waals surface area contributed by atoms with E-state index in [1.165, 1.54) is 0 Å². The standard InChI is InChI=1S/C20H19F3N2O2/c1-25-8-11-7-24-20(26)14-6-12(2-3-13(14)15(11)9-25)27-10-16-17(21)4-5-18(22)19(16)23/h2-6,11,15H,7-10H2,1H3,(H,24,26)/t11-,15-/m0/s1. The lowest BCUT2D eigenvalue weighted by Gasteiger charge is -2.17. The summed E-state index contributed by atoms with van der Waals surface area (Å²) in [5.74, 6) is -2.56. The second-order valence-electron chi connectivity index (χ2n) is 7.16. The van der Waals surface area contributed by atoms with E-state index in [1.807, 2.05) is 6.07 Å². The zero-order chi connectivity index (χ0) is 19.1. The highest BCUT2D eigenvalue weighted by atomic mass is 19.2. The Morgan fingerprint density at radius 2 is 1.93 bits per heavy atom. The molecule has 7 heteroatoms. The molecule has 0 aliphatic carbocycles. The van der Waals surface area contributed by atoms with Gasteiger partial charge >= 0.3 is 0 Å². The van der Waals surface area contributed by atoms with Gasteiger partial charge in [0.1, 0.15) is 18.2 Å². The molecule has 2 heterocycles. The first-order valence-corrected chi connectivity index (χ1v) is 8.80. The maximum absolute atomic E-state index is 13.8. The molecule has 2 aromatic carbocycles. The molecule has 27 heavy (non-hydrogen) atoms. The summed E-state index contributed by atoms with van der Waals surface area (Å²) >= 11 is 0. The average molecular weight is 376 g/mol. The van der Waals surface area contributed by atoms with Crippen molar-refractivity contribution >= 4 is 5.91 Å². The lowest BCUT2D eigenvalue weighted by Crippen LogP contribution is -2.29. The van der Waals surface area contributed by atoms with Crippen molar-refractivity contribution in [2.45, 2.75) is 12.5 Å². The number of carbonyl (C=O) groups is 1. The Balaban J connectivity index is 1.60. The molecule has 0 saturated carbocycles. The molecule has 0 radical (unpaired) electrons. The highest BCUT2D eigenvalue weighted by molar-refractivity contribution is 5.96. The van der Waals surface area contributed by atoms with Crippen molar-refractivity contribution in [3.05, 3.63) is 64.5 Å². The van der Waals surface area contributed by atoms with Crippen molar-refractivity contribution in [1.82, 2.24) is 10.2 Å². The third-order valence-corrected chi connectivity index (χ3v) is 5.34. The van der Waals surface area contributed by atoms with Gasteiger partial charge in [-0.25, -0.2) is 13.2 Å². The monoisotopic (exact) mass is 376 g/mol. The molecule has 0 spiro atoms. The molecule has 1 saturated heterocycles. The van der Waals surface area contributed by atoms with E-state index < -0.39 is 29.6 Å². The zero-order valence-corrected chi connectivity index (χ0v) is 14.8. The van der Waals surface area contributed by atoms with Gasteiger partial charge in [0.2, 0.25) is 0 Å². The van der Waals surface area contributed by atoms with Crippen molar-refractivity contribution in [3.8, 4) is 5.75 Å². The summed E-state index contributed by atoms with van der Waals surface area (Å²) in [6.45, 7) is 1.93. The molecule has 4 nitrogen and oxygen atoms in total. The Bertz CT molecular complexity index is 903. The number of rotatable bonds is 3. The van der Waals surface area contributed by atoms with E-state index >= 15 is 0 Å². The highest BCUT2D eigenvalue weighted by Crippen LogP contribution is 2.36. The Kier molecular flexibility index (Phi) is 4.55. The van der Waals surface area contributed by atoms with Crippen molar-refractivity contribution in [1.29, 1.82) is 0 Å². The third kappa shape index (κ3) is 3.27. The van der Waals surface area contributed by atoms with Crippen LogP contribution < -0.4 is 10.1 Å². The summed E-state index contributed by atoms with van der Waals surface area (Å²) in [4.78, 5) is 14.7. The molecule has 4 rings (SSSR count). The molecule has 1 N–H and O–H groups in total. The van der Waals surface area contributed by atoms with Gasteiger partial charge < -0.3 is 15.0 Å². The Morgan fingerprint density at radius 3 is 2.74 bits per heavy atom. The van der Waals surface area contributed by atoms with Crippen LogP contribution in [-0.4, -0.2) is 37.5 Å². The molecule has 0 bridgehead atoms. The molecule has 0 aromatic heterocycles. The average Bonchev–Trinajstić information content (AvgIpc) is 2.97.